The molecule has 1 N–H and O–H groups in total. The van der Waals surface area contributed by atoms with Crippen LogP contribution in [0.5, 0.6) is 5.75 Å². The third-order valence-corrected chi connectivity index (χ3v) is 6.90. The minimum absolute atomic E-state index is 0.0454. The monoisotopic (exact) mass is 552 g/mol. The molecule has 0 bridgehead atoms. The minimum Gasteiger partial charge on any atom is -0.490 e. The molecule has 0 aromatic heterocycles. The lowest BCUT2D eigenvalue weighted by Gasteiger charge is -2.44. The van der Waals surface area contributed by atoms with Gasteiger partial charge in [0.25, 0.3) is 0 Å². The van der Waals surface area contributed by atoms with Gasteiger partial charge in [-0.2, -0.15) is 0 Å². The van der Waals surface area contributed by atoms with Crippen molar-refractivity contribution < 1.29 is 19.4 Å². The Labute approximate surface area is 199 Å². The summed E-state index contributed by atoms with van der Waals surface area (Å²) in [4.78, 5) is 16.4. The highest BCUT2D eigenvalue weighted by Gasteiger charge is 2.42. The molecule has 2 atom stereocenters. The second kappa shape index (κ2) is 9.90. The van der Waals surface area contributed by atoms with Crippen LogP contribution in [-0.4, -0.2) is 59.9 Å². The number of amides is 1. The molecular weight excluding hydrogens is 528 g/mol. The van der Waals surface area contributed by atoms with Gasteiger partial charge >= 0.3 is 6.09 Å². The van der Waals surface area contributed by atoms with E-state index in [-0.39, 0.29) is 6.04 Å². The molecule has 1 saturated heterocycles. The molecule has 2 aliphatic rings. The van der Waals surface area contributed by atoms with Gasteiger partial charge in [0.05, 0.1) is 12.6 Å². The largest absolute Gasteiger partial charge is 0.490 e. The van der Waals surface area contributed by atoms with Gasteiger partial charge in [-0.3, -0.25) is 4.90 Å². The van der Waals surface area contributed by atoms with E-state index in [1.807, 2.05) is 42.5 Å². The number of para-hydroxylation sites is 1. The molecule has 0 aliphatic carbocycles. The number of fused-ring (bicyclic) bond motifs is 1. The predicted octanol–water partition coefficient (Wildman–Crippen LogP) is 5.30. The summed E-state index contributed by atoms with van der Waals surface area (Å²) < 4.78 is 14.2. The Bertz CT molecular complexity index is 913. The van der Waals surface area contributed by atoms with Crippen molar-refractivity contribution in [2.45, 2.75) is 37.6 Å². The van der Waals surface area contributed by atoms with Gasteiger partial charge in [-0.1, -0.05) is 50.1 Å². The number of ether oxygens (including phenoxy) is 2. The summed E-state index contributed by atoms with van der Waals surface area (Å²) in [6.07, 6.45) is 0.319. The molecular formula is C23H26Br2N2O4. The van der Waals surface area contributed by atoms with Crippen LogP contribution in [0.1, 0.15) is 30.0 Å². The first kappa shape index (κ1) is 22.6. The molecule has 2 aliphatic heterocycles. The molecule has 2 aromatic rings. The predicted molar refractivity (Wildman–Crippen MR) is 125 cm³/mol. The van der Waals surface area contributed by atoms with Crippen molar-refractivity contribution in [2.24, 2.45) is 0 Å². The van der Waals surface area contributed by atoms with Crippen molar-refractivity contribution in [1.82, 2.24) is 9.80 Å². The van der Waals surface area contributed by atoms with Gasteiger partial charge in [0.2, 0.25) is 0 Å². The van der Waals surface area contributed by atoms with E-state index in [2.05, 4.69) is 43.8 Å². The maximum Gasteiger partial charge on any atom is 0.408 e. The molecule has 2 unspecified atom stereocenters. The zero-order valence-corrected chi connectivity index (χ0v) is 20.5. The van der Waals surface area contributed by atoms with Crippen LogP contribution in [-0.2, 0) is 11.3 Å². The lowest BCUT2D eigenvalue weighted by Crippen LogP contribution is -2.52. The first-order valence-electron chi connectivity index (χ1n) is 10.4. The van der Waals surface area contributed by atoms with Crippen LogP contribution in [0.15, 0.2) is 51.4 Å². The summed E-state index contributed by atoms with van der Waals surface area (Å²) >= 11 is 7.02. The summed E-state index contributed by atoms with van der Waals surface area (Å²) in [5.74, 6) is 0.733. The normalized spacial score (nSPS) is 21.9. The van der Waals surface area contributed by atoms with Crippen LogP contribution < -0.4 is 4.74 Å². The molecule has 1 fully saturated rings. The van der Waals surface area contributed by atoms with E-state index in [9.17, 15) is 9.90 Å². The molecule has 31 heavy (non-hydrogen) atoms. The van der Waals surface area contributed by atoms with Crippen LogP contribution in [0.2, 0.25) is 0 Å². The van der Waals surface area contributed by atoms with E-state index in [1.165, 1.54) is 0 Å². The Morgan fingerprint density at radius 1 is 1.19 bits per heavy atom. The fourth-order valence-electron chi connectivity index (χ4n) is 4.46. The molecule has 6 nitrogen and oxygen atoms in total. The number of likely N-dealkylation sites (tertiary alicyclic amines) is 1. The molecule has 8 heteroatoms. The van der Waals surface area contributed by atoms with Crippen molar-refractivity contribution in [3.8, 4) is 5.75 Å². The van der Waals surface area contributed by atoms with Crippen LogP contribution in [0.3, 0.4) is 0 Å². The van der Waals surface area contributed by atoms with E-state index in [0.29, 0.717) is 13.2 Å². The number of hydrogen-bond acceptors (Lipinski definition) is 4. The molecule has 0 saturated carbocycles. The van der Waals surface area contributed by atoms with Crippen molar-refractivity contribution >= 4 is 38.0 Å². The van der Waals surface area contributed by atoms with Crippen LogP contribution >= 0.6 is 31.9 Å². The van der Waals surface area contributed by atoms with Gasteiger partial charge < -0.3 is 19.5 Å². The van der Waals surface area contributed by atoms with Gasteiger partial charge in [-0.15, -0.1) is 0 Å². The average Bonchev–Trinajstić information content (AvgIpc) is 2.73. The molecule has 1 amide bonds. The zero-order chi connectivity index (χ0) is 22.0. The number of nitrogens with zero attached hydrogens (tertiary/aromatic N) is 2. The highest BCUT2D eigenvalue weighted by molar-refractivity contribution is 9.11. The number of piperidine rings is 1. The summed E-state index contributed by atoms with van der Waals surface area (Å²) in [5, 5.41) is 10.2. The highest BCUT2D eigenvalue weighted by atomic mass is 79.9. The lowest BCUT2D eigenvalue weighted by atomic mass is 9.93. The Kier molecular flexibility index (Phi) is 7.21. The van der Waals surface area contributed by atoms with E-state index >= 15 is 0 Å². The minimum atomic E-state index is -0.907. The molecule has 2 aromatic carbocycles. The number of halogens is 2. The first-order valence-corrected chi connectivity index (χ1v) is 12.0. The average molecular weight is 554 g/mol. The Hall–Kier alpha value is -1.61. The molecule has 166 valence electrons. The maximum atomic E-state index is 12.5. The van der Waals surface area contributed by atoms with E-state index < -0.39 is 18.2 Å². The Balaban J connectivity index is 1.62. The van der Waals surface area contributed by atoms with Crippen LogP contribution in [0.25, 0.3) is 0 Å². The Morgan fingerprint density at radius 3 is 2.55 bits per heavy atom. The van der Waals surface area contributed by atoms with Crippen LogP contribution in [0.4, 0.5) is 4.79 Å². The second-order valence-electron chi connectivity index (χ2n) is 8.15. The second-order valence-corrected chi connectivity index (χ2v) is 9.98. The summed E-state index contributed by atoms with van der Waals surface area (Å²) in [6.45, 7) is 2.45. The van der Waals surface area contributed by atoms with Crippen molar-refractivity contribution in [3.05, 3.63) is 62.5 Å². The van der Waals surface area contributed by atoms with Gasteiger partial charge in [0.15, 0.2) is 0 Å². The third-order valence-electron chi connectivity index (χ3n) is 5.98. The van der Waals surface area contributed by atoms with Crippen molar-refractivity contribution in [1.29, 1.82) is 0 Å². The smallest absolute Gasteiger partial charge is 0.408 e. The topological polar surface area (TPSA) is 62.2 Å². The van der Waals surface area contributed by atoms with Crippen LogP contribution in [0, 0.1) is 0 Å². The number of carbonyl (C=O) groups is 1. The number of hydrogen-bond donors (Lipinski definition) is 1. The van der Waals surface area contributed by atoms with E-state index in [1.54, 1.807) is 4.90 Å². The SMILES string of the molecule is CN1CCC(N(C(=O)O)C2c3ccccc3OCC2OCc2cc(Br)cc(Br)c2)CC1. The standard InChI is InChI=1S/C23H26Br2N2O4/c1-26-8-6-18(7-9-26)27(23(28)29)22-19-4-2-3-5-20(19)31-14-21(22)30-13-15-10-16(24)12-17(25)11-15/h2-5,10-12,18,21-22H,6-9,13-14H2,1H3,(H,28,29). The zero-order valence-electron chi connectivity index (χ0n) is 17.3. The maximum absolute atomic E-state index is 12.5. The fourth-order valence-corrected chi connectivity index (χ4v) is 5.85. The van der Waals surface area contributed by atoms with E-state index in [4.69, 9.17) is 9.47 Å². The van der Waals surface area contributed by atoms with Gasteiger partial charge in [0, 0.05) is 20.6 Å². The lowest BCUT2D eigenvalue weighted by molar-refractivity contribution is -0.0667. The van der Waals surface area contributed by atoms with Gasteiger partial charge in [-0.05, 0) is 62.8 Å². The summed E-state index contributed by atoms with van der Waals surface area (Å²) in [5.41, 5.74) is 1.87. The highest BCUT2D eigenvalue weighted by Crippen LogP contribution is 2.40. The third kappa shape index (κ3) is 5.25. The van der Waals surface area contributed by atoms with E-state index in [0.717, 1.165) is 51.8 Å². The molecule has 2 heterocycles. The number of rotatable bonds is 5. The number of carboxylic acid groups (broad SMARTS) is 1. The molecule has 0 spiro atoms. The first-order chi connectivity index (χ1) is 14.9. The quantitative estimate of drug-likeness (QED) is 0.544. The number of benzene rings is 2. The van der Waals surface area contributed by atoms with Crippen molar-refractivity contribution in [3.63, 3.8) is 0 Å². The summed E-state index contributed by atoms with van der Waals surface area (Å²) in [7, 11) is 2.08. The Morgan fingerprint density at radius 2 is 1.87 bits per heavy atom. The fraction of sp³-hybridized carbons (Fsp3) is 0.435. The molecule has 0 radical (unpaired) electrons. The summed E-state index contributed by atoms with van der Waals surface area (Å²) in [6, 6.07) is 13.2. The van der Waals surface area contributed by atoms with Gasteiger partial charge in [0.1, 0.15) is 18.5 Å². The van der Waals surface area contributed by atoms with Gasteiger partial charge in [-0.25, -0.2) is 4.79 Å². The van der Waals surface area contributed by atoms with Crippen molar-refractivity contribution in [2.75, 3.05) is 26.7 Å². The molecule has 4 rings (SSSR count).